The number of aromatic nitrogens is 1. The largest absolute Gasteiger partial charge is 0.396 e. The van der Waals surface area contributed by atoms with Crippen molar-refractivity contribution in [2.24, 2.45) is 0 Å². The summed E-state index contributed by atoms with van der Waals surface area (Å²) in [6.45, 7) is 0.324. The number of likely N-dealkylation sites (N-methyl/N-ethyl adjacent to an activating group) is 1. The fraction of sp³-hybridized carbons (Fsp3) is 0.538. The van der Waals surface area contributed by atoms with Gasteiger partial charge < -0.3 is 16.0 Å². The van der Waals surface area contributed by atoms with Gasteiger partial charge in [0.05, 0.1) is 24.1 Å². The molecule has 18 heavy (non-hydrogen) atoms. The van der Waals surface area contributed by atoms with E-state index in [-0.39, 0.29) is 5.91 Å². The van der Waals surface area contributed by atoms with E-state index in [1.807, 2.05) is 18.0 Å². The van der Waals surface area contributed by atoms with Crippen LogP contribution in [0.2, 0.25) is 0 Å². The first-order valence-electron chi connectivity index (χ1n) is 6.37. The number of anilines is 2. The first-order valence-corrected chi connectivity index (χ1v) is 6.37. The van der Waals surface area contributed by atoms with Gasteiger partial charge in [-0.1, -0.05) is 12.8 Å². The van der Waals surface area contributed by atoms with Crippen LogP contribution in [0.3, 0.4) is 0 Å². The van der Waals surface area contributed by atoms with Crippen LogP contribution in [0, 0.1) is 0 Å². The van der Waals surface area contributed by atoms with Gasteiger partial charge in [0.2, 0.25) is 5.91 Å². The van der Waals surface area contributed by atoms with Crippen molar-refractivity contribution in [1.29, 1.82) is 0 Å². The zero-order valence-corrected chi connectivity index (χ0v) is 10.7. The lowest BCUT2D eigenvalue weighted by Gasteiger charge is -2.21. The number of nitrogens with zero attached hydrogens (tertiary/aromatic N) is 2. The topological polar surface area (TPSA) is 71.2 Å². The number of carbonyl (C=O) groups excluding carboxylic acids is 1. The molecule has 2 rings (SSSR count). The number of carbonyl (C=O) groups is 1. The van der Waals surface area contributed by atoms with E-state index in [1.54, 1.807) is 12.4 Å². The second kappa shape index (κ2) is 5.71. The van der Waals surface area contributed by atoms with Crippen molar-refractivity contribution < 1.29 is 4.79 Å². The molecule has 1 aromatic heterocycles. The summed E-state index contributed by atoms with van der Waals surface area (Å²) in [7, 11) is 1.86. The molecule has 5 heteroatoms. The van der Waals surface area contributed by atoms with E-state index in [9.17, 15) is 4.79 Å². The van der Waals surface area contributed by atoms with Gasteiger partial charge in [0.15, 0.2) is 0 Å². The van der Waals surface area contributed by atoms with Gasteiger partial charge in [-0.05, 0) is 18.9 Å². The highest BCUT2D eigenvalue weighted by Gasteiger charge is 2.18. The highest BCUT2D eigenvalue weighted by atomic mass is 16.2. The molecule has 1 saturated carbocycles. The lowest BCUT2D eigenvalue weighted by molar-refractivity contribution is -0.120. The number of amides is 1. The second-order valence-electron chi connectivity index (χ2n) is 4.84. The number of hydrogen-bond donors (Lipinski definition) is 2. The third-order valence-electron chi connectivity index (χ3n) is 3.34. The molecule has 3 N–H and O–H groups in total. The van der Waals surface area contributed by atoms with Crippen LogP contribution in [0.1, 0.15) is 25.7 Å². The van der Waals surface area contributed by atoms with E-state index in [0.717, 1.165) is 18.5 Å². The van der Waals surface area contributed by atoms with Gasteiger partial charge in [-0.3, -0.25) is 9.78 Å². The summed E-state index contributed by atoms with van der Waals surface area (Å²) in [6, 6.07) is 2.18. The van der Waals surface area contributed by atoms with Crippen molar-refractivity contribution in [3.05, 3.63) is 18.5 Å². The van der Waals surface area contributed by atoms with E-state index in [4.69, 9.17) is 5.73 Å². The Morgan fingerprint density at radius 1 is 1.56 bits per heavy atom. The van der Waals surface area contributed by atoms with E-state index in [1.165, 1.54) is 12.8 Å². The molecule has 0 aliphatic heterocycles. The monoisotopic (exact) mass is 248 g/mol. The summed E-state index contributed by atoms with van der Waals surface area (Å²) in [5.41, 5.74) is 7.26. The molecule has 0 atom stereocenters. The van der Waals surface area contributed by atoms with Gasteiger partial charge >= 0.3 is 0 Å². The molecule has 0 saturated heterocycles. The third-order valence-corrected chi connectivity index (χ3v) is 3.34. The Bertz CT molecular complexity index is 415. The van der Waals surface area contributed by atoms with Crippen molar-refractivity contribution in [1.82, 2.24) is 10.3 Å². The number of rotatable bonds is 4. The van der Waals surface area contributed by atoms with Crippen molar-refractivity contribution in [3.63, 3.8) is 0 Å². The first kappa shape index (κ1) is 12.7. The Morgan fingerprint density at radius 3 is 2.94 bits per heavy atom. The van der Waals surface area contributed by atoms with Gasteiger partial charge in [-0.25, -0.2) is 0 Å². The summed E-state index contributed by atoms with van der Waals surface area (Å²) in [5.74, 6) is 0.0561. The normalized spacial score (nSPS) is 15.6. The quantitative estimate of drug-likeness (QED) is 0.838. The fourth-order valence-electron chi connectivity index (χ4n) is 2.39. The molecular weight excluding hydrogens is 228 g/mol. The van der Waals surface area contributed by atoms with Crippen molar-refractivity contribution in [2.45, 2.75) is 31.7 Å². The zero-order valence-electron chi connectivity index (χ0n) is 10.7. The highest BCUT2D eigenvalue weighted by Crippen LogP contribution is 2.20. The van der Waals surface area contributed by atoms with Crippen LogP contribution in [0.15, 0.2) is 18.5 Å². The molecule has 0 aromatic carbocycles. The van der Waals surface area contributed by atoms with Gasteiger partial charge in [0.25, 0.3) is 0 Å². The van der Waals surface area contributed by atoms with E-state index < -0.39 is 0 Å². The lowest BCUT2D eigenvalue weighted by atomic mass is 10.2. The highest BCUT2D eigenvalue weighted by molar-refractivity contribution is 5.83. The molecule has 1 aliphatic rings. The minimum absolute atomic E-state index is 0.0561. The van der Waals surface area contributed by atoms with E-state index in [0.29, 0.717) is 18.3 Å². The lowest BCUT2D eigenvalue weighted by Crippen LogP contribution is -2.40. The smallest absolute Gasteiger partial charge is 0.239 e. The number of pyridine rings is 1. The molecule has 1 aliphatic carbocycles. The molecule has 1 aromatic rings. The van der Waals surface area contributed by atoms with Crippen LogP contribution in [0.4, 0.5) is 11.4 Å². The zero-order chi connectivity index (χ0) is 13.0. The Labute approximate surface area is 107 Å². The predicted octanol–water partition coefficient (Wildman–Crippen LogP) is 1.16. The number of nitrogen functional groups attached to an aromatic ring is 1. The third kappa shape index (κ3) is 3.12. The molecule has 5 nitrogen and oxygen atoms in total. The van der Waals surface area contributed by atoms with Crippen molar-refractivity contribution >= 4 is 17.3 Å². The summed E-state index contributed by atoms with van der Waals surface area (Å²) < 4.78 is 0. The maximum absolute atomic E-state index is 11.9. The maximum atomic E-state index is 11.9. The summed E-state index contributed by atoms with van der Waals surface area (Å²) in [5, 5.41) is 3.06. The summed E-state index contributed by atoms with van der Waals surface area (Å²) in [6.07, 6.45) is 7.92. The Kier molecular flexibility index (Phi) is 4.02. The minimum atomic E-state index is 0.0561. The fourth-order valence-corrected chi connectivity index (χ4v) is 2.39. The van der Waals surface area contributed by atoms with Crippen LogP contribution in [-0.4, -0.2) is 30.5 Å². The van der Waals surface area contributed by atoms with Gasteiger partial charge in [-0.2, -0.15) is 0 Å². The Hall–Kier alpha value is -1.78. The standard InChI is InChI=1S/C13H20N4O/c1-17(12-6-7-15-8-11(12)14)9-13(18)16-10-4-2-3-5-10/h6-8,10H,2-5,9,14H2,1H3,(H,16,18). The average Bonchev–Trinajstić information content (AvgIpc) is 2.82. The van der Waals surface area contributed by atoms with Gasteiger partial charge in [0, 0.05) is 19.3 Å². The van der Waals surface area contributed by atoms with E-state index in [2.05, 4.69) is 10.3 Å². The minimum Gasteiger partial charge on any atom is -0.396 e. The van der Waals surface area contributed by atoms with Crippen molar-refractivity contribution in [2.75, 3.05) is 24.2 Å². The first-order chi connectivity index (χ1) is 8.66. The van der Waals surface area contributed by atoms with E-state index >= 15 is 0 Å². The molecule has 0 radical (unpaired) electrons. The molecule has 1 fully saturated rings. The molecule has 98 valence electrons. The Morgan fingerprint density at radius 2 is 2.28 bits per heavy atom. The van der Waals surface area contributed by atoms with Crippen molar-refractivity contribution in [3.8, 4) is 0 Å². The molecular formula is C13H20N4O. The molecule has 0 spiro atoms. The van der Waals surface area contributed by atoms with Crippen LogP contribution in [0.25, 0.3) is 0 Å². The number of hydrogen-bond acceptors (Lipinski definition) is 4. The maximum Gasteiger partial charge on any atom is 0.239 e. The molecule has 1 amide bonds. The average molecular weight is 248 g/mol. The molecule has 0 unspecified atom stereocenters. The SMILES string of the molecule is CN(CC(=O)NC1CCCC1)c1ccncc1N. The summed E-state index contributed by atoms with van der Waals surface area (Å²) in [4.78, 5) is 17.7. The summed E-state index contributed by atoms with van der Waals surface area (Å²) >= 11 is 0. The predicted molar refractivity (Wildman–Crippen MR) is 72.3 cm³/mol. The van der Waals surface area contributed by atoms with Crippen LogP contribution < -0.4 is 16.0 Å². The number of nitrogens with one attached hydrogen (secondary N) is 1. The van der Waals surface area contributed by atoms with Crippen LogP contribution in [-0.2, 0) is 4.79 Å². The van der Waals surface area contributed by atoms with Gasteiger partial charge in [0.1, 0.15) is 0 Å². The number of nitrogens with two attached hydrogens (primary N) is 1. The van der Waals surface area contributed by atoms with Gasteiger partial charge in [-0.15, -0.1) is 0 Å². The Balaban J connectivity index is 1.88. The molecule has 0 bridgehead atoms. The molecule has 1 heterocycles. The second-order valence-corrected chi connectivity index (χ2v) is 4.84. The van der Waals surface area contributed by atoms with Crippen LogP contribution in [0.5, 0.6) is 0 Å². The van der Waals surface area contributed by atoms with Crippen LogP contribution >= 0.6 is 0 Å².